The summed E-state index contributed by atoms with van der Waals surface area (Å²) in [6, 6.07) is 5.27. The summed E-state index contributed by atoms with van der Waals surface area (Å²) in [5.41, 5.74) is 4.81. The van der Waals surface area contributed by atoms with E-state index in [-0.39, 0.29) is 17.4 Å². The van der Waals surface area contributed by atoms with Gasteiger partial charge in [-0.15, -0.1) is 0 Å². The first-order valence-corrected chi connectivity index (χ1v) is 7.20. The molecular formula is C12H19FN2O2S. The van der Waals surface area contributed by atoms with Gasteiger partial charge in [-0.25, -0.2) is 17.5 Å². The zero-order chi connectivity index (χ0) is 14.0. The topological polar surface area (TPSA) is 72.2 Å². The Kier molecular flexibility index (Phi) is 4.47. The van der Waals surface area contributed by atoms with Gasteiger partial charge in [0.15, 0.2) is 0 Å². The minimum atomic E-state index is -3.91. The lowest BCUT2D eigenvalue weighted by molar-refractivity contribution is 0.314. The summed E-state index contributed by atoms with van der Waals surface area (Å²) >= 11 is 0. The molecule has 3 N–H and O–H groups in total. The second-order valence-corrected chi connectivity index (χ2v) is 6.46. The van der Waals surface area contributed by atoms with Crippen LogP contribution in [-0.4, -0.2) is 20.5 Å². The highest BCUT2D eigenvalue weighted by Crippen LogP contribution is 2.20. The van der Waals surface area contributed by atoms with Crippen molar-refractivity contribution in [3.8, 4) is 0 Å². The first-order chi connectivity index (χ1) is 8.23. The van der Waals surface area contributed by atoms with E-state index >= 15 is 0 Å². The largest absolute Gasteiger partial charge is 0.329 e. The highest BCUT2D eigenvalue weighted by atomic mass is 32.2. The van der Waals surface area contributed by atoms with Crippen LogP contribution in [0.15, 0.2) is 29.2 Å². The SMILES string of the molecule is CC(C)C(C)(CN)NS(=O)(=O)c1ccccc1F. The first kappa shape index (κ1) is 15.1. The predicted molar refractivity (Wildman–Crippen MR) is 69.0 cm³/mol. The lowest BCUT2D eigenvalue weighted by atomic mass is 9.90. The van der Waals surface area contributed by atoms with Gasteiger partial charge in [-0.05, 0) is 25.0 Å². The van der Waals surface area contributed by atoms with Crippen molar-refractivity contribution < 1.29 is 12.8 Å². The molecule has 1 atom stereocenters. The second kappa shape index (κ2) is 5.34. The van der Waals surface area contributed by atoms with Crippen LogP contribution in [0.2, 0.25) is 0 Å². The Hall–Kier alpha value is -0.980. The van der Waals surface area contributed by atoms with E-state index in [0.717, 1.165) is 6.07 Å². The Morgan fingerprint density at radius 1 is 1.39 bits per heavy atom. The number of sulfonamides is 1. The summed E-state index contributed by atoms with van der Waals surface area (Å²) in [7, 11) is -3.91. The molecule has 0 aromatic heterocycles. The molecule has 0 aliphatic rings. The maximum atomic E-state index is 13.5. The number of benzene rings is 1. The maximum absolute atomic E-state index is 13.5. The molecule has 0 spiro atoms. The van der Waals surface area contributed by atoms with Crippen molar-refractivity contribution in [1.82, 2.24) is 4.72 Å². The molecule has 1 rings (SSSR count). The van der Waals surface area contributed by atoms with Crippen molar-refractivity contribution in [2.45, 2.75) is 31.2 Å². The quantitative estimate of drug-likeness (QED) is 0.854. The molecule has 1 unspecified atom stereocenters. The Bertz CT molecular complexity index is 517. The molecular weight excluding hydrogens is 255 g/mol. The highest BCUT2D eigenvalue weighted by molar-refractivity contribution is 7.89. The molecule has 0 aliphatic heterocycles. The van der Waals surface area contributed by atoms with E-state index in [1.807, 2.05) is 13.8 Å². The van der Waals surface area contributed by atoms with E-state index in [9.17, 15) is 12.8 Å². The third-order valence-corrected chi connectivity index (χ3v) is 4.84. The monoisotopic (exact) mass is 274 g/mol. The van der Waals surface area contributed by atoms with Crippen molar-refractivity contribution in [1.29, 1.82) is 0 Å². The fourth-order valence-corrected chi connectivity index (χ4v) is 3.05. The molecule has 102 valence electrons. The summed E-state index contributed by atoms with van der Waals surface area (Å²) in [6.45, 7) is 5.56. The van der Waals surface area contributed by atoms with Crippen LogP contribution in [0.3, 0.4) is 0 Å². The molecule has 0 fully saturated rings. The van der Waals surface area contributed by atoms with Gasteiger partial charge in [-0.2, -0.15) is 0 Å². The third-order valence-electron chi connectivity index (χ3n) is 3.19. The fourth-order valence-electron chi connectivity index (χ4n) is 1.42. The van der Waals surface area contributed by atoms with E-state index in [2.05, 4.69) is 4.72 Å². The number of rotatable bonds is 5. The van der Waals surface area contributed by atoms with Gasteiger partial charge in [-0.1, -0.05) is 26.0 Å². The molecule has 0 bridgehead atoms. The Balaban J connectivity index is 3.14. The molecule has 6 heteroatoms. The average Bonchev–Trinajstić information content (AvgIpc) is 2.28. The van der Waals surface area contributed by atoms with Crippen LogP contribution in [0, 0.1) is 11.7 Å². The molecule has 18 heavy (non-hydrogen) atoms. The standard InChI is InChI=1S/C12H19FN2O2S/c1-9(2)12(3,8-14)15-18(16,17)11-7-5-4-6-10(11)13/h4-7,9,15H,8,14H2,1-3H3. The van der Waals surface area contributed by atoms with Gasteiger partial charge < -0.3 is 5.73 Å². The van der Waals surface area contributed by atoms with Gasteiger partial charge in [0.25, 0.3) is 0 Å². The summed E-state index contributed by atoms with van der Waals surface area (Å²) in [6.07, 6.45) is 0. The summed E-state index contributed by atoms with van der Waals surface area (Å²) < 4.78 is 40.2. The Morgan fingerprint density at radius 2 is 1.94 bits per heavy atom. The molecule has 0 saturated heterocycles. The lowest BCUT2D eigenvalue weighted by Gasteiger charge is -2.33. The Labute approximate surface area is 107 Å². The molecule has 0 heterocycles. The summed E-state index contributed by atoms with van der Waals surface area (Å²) in [4.78, 5) is -0.356. The zero-order valence-corrected chi connectivity index (χ0v) is 11.6. The lowest BCUT2D eigenvalue weighted by Crippen LogP contribution is -2.54. The number of nitrogens with one attached hydrogen (secondary N) is 1. The minimum absolute atomic E-state index is 0.0101. The van der Waals surface area contributed by atoms with Gasteiger partial charge >= 0.3 is 0 Å². The van der Waals surface area contributed by atoms with Gasteiger partial charge in [0, 0.05) is 12.1 Å². The predicted octanol–water partition coefficient (Wildman–Crippen LogP) is 1.48. The van der Waals surface area contributed by atoms with Crippen LogP contribution in [0.5, 0.6) is 0 Å². The molecule has 4 nitrogen and oxygen atoms in total. The molecule has 0 saturated carbocycles. The van der Waals surface area contributed by atoms with Gasteiger partial charge in [0.1, 0.15) is 10.7 Å². The number of nitrogens with two attached hydrogens (primary N) is 1. The van der Waals surface area contributed by atoms with Crippen LogP contribution in [0.1, 0.15) is 20.8 Å². The minimum Gasteiger partial charge on any atom is -0.329 e. The maximum Gasteiger partial charge on any atom is 0.244 e. The molecule has 0 aliphatic carbocycles. The molecule has 0 radical (unpaired) electrons. The molecule has 1 aromatic rings. The van der Waals surface area contributed by atoms with E-state index in [1.54, 1.807) is 6.92 Å². The van der Waals surface area contributed by atoms with E-state index in [0.29, 0.717) is 0 Å². The highest BCUT2D eigenvalue weighted by Gasteiger charge is 2.33. The van der Waals surface area contributed by atoms with E-state index < -0.39 is 21.4 Å². The van der Waals surface area contributed by atoms with Crippen LogP contribution in [-0.2, 0) is 10.0 Å². The molecule has 1 aromatic carbocycles. The molecule has 0 amide bonds. The smallest absolute Gasteiger partial charge is 0.244 e. The van der Waals surface area contributed by atoms with Crippen LogP contribution < -0.4 is 10.5 Å². The van der Waals surface area contributed by atoms with Crippen molar-refractivity contribution in [3.63, 3.8) is 0 Å². The van der Waals surface area contributed by atoms with Crippen LogP contribution in [0.4, 0.5) is 4.39 Å². The van der Waals surface area contributed by atoms with Crippen molar-refractivity contribution in [3.05, 3.63) is 30.1 Å². The zero-order valence-electron chi connectivity index (χ0n) is 10.8. The fraction of sp³-hybridized carbons (Fsp3) is 0.500. The Morgan fingerprint density at radius 3 is 2.39 bits per heavy atom. The first-order valence-electron chi connectivity index (χ1n) is 5.71. The van der Waals surface area contributed by atoms with Gasteiger partial charge in [0.2, 0.25) is 10.0 Å². The van der Waals surface area contributed by atoms with Crippen molar-refractivity contribution >= 4 is 10.0 Å². The number of hydrogen-bond donors (Lipinski definition) is 2. The van der Waals surface area contributed by atoms with Gasteiger partial charge in [-0.3, -0.25) is 0 Å². The van der Waals surface area contributed by atoms with E-state index in [4.69, 9.17) is 5.73 Å². The van der Waals surface area contributed by atoms with Crippen LogP contribution >= 0.6 is 0 Å². The summed E-state index contributed by atoms with van der Waals surface area (Å²) in [5, 5.41) is 0. The van der Waals surface area contributed by atoms with E-state index in [1.165, 1.54) is 18.2 Å². The normalized spacial score (nSPS) is 15.7. The number of hydrogen-bond acceptors (Lipinski definition) is 3. The van der Waals surface area contributed by atoms with Crippen molar-refractivity contribution in [2.75, 3.05) is 6.54 Å². The summed E-state index contributed by atoms with van der Waals surface area (Å²) in [5.74, 6) is -0.780. The van der Waals surface area contributed by atoms with Gasteiger partial charge in [0.05, 0.1) is 0 Å². The average molecular weight is 274 g/mol. The second-order valence-electron chi connectivity index (χ2n) is 4.81. The third kappa shape index (κ3) is 3.07. The van der Waals surface area contributed by atoms with Crippen molar-refractivity contribution in [2.24, 2.45) is 11.7 Å². The number of halogens is 1. The van der Waals surface area contributed by atoms with Crippen LogP contribution in [0.25, 0.3) is 0 Å².